The highest BCUT2D eigenvalue weighted by Crippen LogP contribution is 2.09. The van der Waals surface area contributed by atoms with Crippen molar-refractivity contribution in [2.24, 2.45) is 0 Å². The third-order valence-corrected chi connectivity index (χ3v) is 3.20. The molecule has 6 nitrogen and oxygen atoms in total. The van der Waals surface area contributed by atoms with Crippen molar-refractivity contribution in [1.29, 1.82) is 0 Å². The van der Waals surface area contributed by atoms with Crippen LogP contribution in [0.4, 0.5) is 0 Å². The van der Waals surface area contributed by atoms with Gasteiger partial charge < -0.3 is 10.4 Å². The highest BCUT2D eigenvalue weighted by molar-refractivity contribution is 5.92. The first-order valence-corrected chi connectivity index (χ1v) is 6.53. The lowest BCUT2D eigenvalue weighted by molar-refractivity contribution is 0.0946. The fourth-order valence-electron chi connectivity index (χ4n) is 2.09. The average Bonchev–Trinajstić information content (AvgIpc) is 2.97. The molecule has 0 unspecified atom stereocenters. The van der Waals surface area contributed by atoms with Crippen molar-refractivity contribution >= 4 is 11.7 Å². The summed E-state index contributed by atoms with van der Waals surface area (Å²) < 4.78 is 1.69. The summed E-state index contributed by atoms with van der Waals surface area (Å²) in [6.45, 7) is 0.293. The van der Waals surface area contributed by atoms with Gasteiger partial charge in [0.05, 0.1) is 6.61 Å². The number of aliphatic hydroxyl groups excluding tert-OH is 1. The molecule has 2 N–H and O–H groups in total. The number of nitrogens with zero attached hydrogens (tertiary/aromatic N) is 3. The molecule has 1 aromatic carbocycles. The molecule has 3 rings (SSSR count). The minimum atomic E-state index is -0.270. The van der Waals surface area contributed by atoms with Crippen molar-refractivity contribution in [2.75, 3.05) is 0 Å². The molecule has 21 heavy (non-hydrogen) atoms. The molecule has 106 valence electrons. The Morgan fingerprint density at radius 1 is 1.24 bits per heavy atom. The van der Waals surface area contributed by atoms with E-state index >= 15 is 0 Å². The molecule has 0 spiro atoms. The zero-order valence-corrected chi connectivity index (χ0v) is 11.2. The van der Waals surface area contributed by atoms with E-state index in [9.17, 15) is 9.90 Å². The van der Waals surface area contributed by atoms with E-state index in [0.29, 0.717) is 18.0 Å². The van der Waals surface area contributed by atoms with E-state index in [4.69, 9.17) is 0 Å². The number of aliphatic hydroxyl groups is 1. The second-order valence-electron chi connectivity index (χ2n) is 4.56. The first-order valence-electron chi connectivity index (χ1n) is 6.53. The molecule has 0 aliphatic heterocycles. The smallest absolute Gasteiger partial charge is 0.271 e. The first kappa shape index (κ1) is 13.3. The number of carbonyl (C=O) groups excluding carboxylic acids is 1. The summed E-state index contributed by atoms with van der Waals surface area (Å²) in [5.41, 5.74) is 2.00. The van der Waals surface area contributed by atoms with E-state index in [2.05, 4.69) is 15.3 Å². The van der Waals surface area contributed by atoms with E-state index < -0.39 is 0 Å². The summed E-state index contributed by atoms with van der Waals surface area (Å²) in [7, 11) is 0. The molecular formula is C15H14N4O2. The van der Waals surface area contributed by atoms with Crippen LogP contribution in [0.5, 0.6) is 0 Å². The normalized spacial score (nSPS) is 10.7. The first-order chi connectivity index (χ1) is 10.3. The Morgan fingerprint density at radius 3 is 2.81 bits per heavy atom. The minimum Gasteiger partial charge on any atom is -0.392 e. The predicted molar refractivity (Wildman–Crippen MR) is 76.5 cm³/mol. The number of imidazole rings is 1. The highest BCUT2D eigenvalue weighted by atomic mass is 16.3. The van der Waals surface area contributed by atoms with Gasteiger partial charge in [-0.2, -0.15) is 0 Å². The lowest BCUT2D eigenvalue weighted by Crippen LogP contribution is -2.23. The largest absolute Gasteiger partial charge is 0.392 e. The molecule has 0 radical (unpaired) electrons. The van der Waals surface area contributed by atoms with Crippen LogP contribution in [0.3, 0.4) is 0 Å². The molecule has 0 bridgehead atoms. The second kappa shape index (κ2) is 5.72. The zero-order valence-electron chi connectivity index (χ0n) is 11.2. The molecule has 0 saturated heterocycles. The van der Waals surface area contributed by atoms with Gasteiger partial charge in [0.25, 0.3) is 5.91 Å². The topological polar surface area (TPSA) is 79.5 Å². The van der Waals surface area contributed by atoms with Crippen LogP contribution in [-0.2, 0) is 13.2 Å². The van der Waals surface area contributed by atoms with Crippen LogP contribution in [0.15, 0.2) is 48.9 Å². The third-order valence-electron chi connectivity index (χ3n) is 3.20. The lowest BCUT2D eigenvalue weighted by atomic mass is 10.1. The fourth-order valence-corrected chi connectivity index (χ4v) is 2.09. The van der Waals surface area contributed by atoms with Crippen molar-refractivity contribution in [1.82, 2.24) is 19.7 Å². The SMILES string of the molecule is O=C(NCc1ccccc1CO)c1cn2cccnc2n1. The molecule has 0 saturated carbocycles. The molecule has 0 atom stereocenters. The van der Waals surface area contributed by atoms with Gasteiger partial charge in [-0.1, -0.05) is 24.3 Å². The van der Waals surface area contributed by atoms with Crippen molar-refractivity contribution in [3.05, 3.63) is 65.7 Å². The number of rotatable bonds is 4. The van der Waals surface area contributed by atoms with E-state index in [-0.39, 0.29) is 12.5 Å². The summed E-state index contributed by atoms with van der Waals surface area (Å²) in [5, 5.41) is 12.1. The summed E-state index contributed by atoms with van der Waals surface area (Å²) in [4.78, 5) is 20.3. The standard InChI is InChI=1S/C15H14N4O2/c20-10-12-5-2-1-4-11(12)8-17-14(21)13-9-19-7-3-6-16-15(19)18-13/h1-7,9,20H,8,10H2,(H,17,21). The Balaban J connectivity index is 1.74. The van der Waals surface area contributed by atoms with Gasteiger partial charge >= 0.3 is 0 Å². The van der Waals surface area contributed by atoms with Gasteiger partial charge in [-0.3, -0.25) is 9.20 Å². The minimum absolute atomic E-state index is 0.0513. The summed E-state index contributed by atoms with van der Waals surface area (Å²) in [5.74, 6) is 0.214. The summed E-state index contributed by atoms with van der Waals surface area (Å²) >= 11 is 0. The lowest BCUT2D eigenvalue weighted by Gasteiger charge is -2.07. The molecule has 3 aromatic rings. The van der Waals surface area contributed by atoms with Gasteiger partial charge in [0.2, 0.25) is 5.78 Å². The third kappa shape index (κ3) is 2.75. The number of aromatic nitrogens is 3. The fraction of sp³-hybridized carbons (Fsp3) is 0.133. The Kier molecular flexibility index (Phi) is 3.61. The quantitative estimate of drug-likeness (QED) is 0.752. The van der Waals surface area contributed by atoms with Gasteiger partial charge in [-0.25, -0.2) is 9.97 Å². The number of carbonyl (C=O) groups is 1. The monoisotopic (exact) mass is 282 g/mol. The van der Waals surface area contributed by atoms with Gasteiger partial charge in [0, 0.05) is 25.1 Å². The van der Waals surface area contributed by atoms with Crippen molar-refractivity contribution in [2.45, 2.75) is 13.2 Å². The van der Waals surface area contributed by atoms with Gasteiger partial charge in [0.1, 0.15) is 5.69 Å². The van der Waals surface area contributed by atoms with Crippen LogP contribution >= 0.6 is 0 Å². The maximum absolute atomic E-state index is 12.1. The molecule has 0 fully saturated rings. The molecular weight excluding hydrogens is 268 g/mol. The van der Waals surface area contributed by atoms with Crippen molar-refractivity contribution in [3.8, 4) is 0 Å². The van der Waals surface area contributed by atoms with E-state index in [1.54, 1.807) is 29.1 Å². The average molecular weight is 282 g/mol. The number of nitrogens with one attached hydrogen (secondary N) is 1. The maximum atomic E-state index is 12.1. The van der Waals surface area contributed by atoms with Crippen LogP contribution in [0.1, 0.15) is 21.6 Å². The number of amides is 1. The number of hydrogen-bond donors (Lipinski definition) is 2. The van der Waals surface area contributed by atoms with Crippen LogP contribution in [0, 0.1) is 0 Å². The van der Waals surface area contributed by atoms with Gasteiger partial charge in [-0.15, -0.1) is 0 Å². The molecule has 0 aliphatic rings. The van der Waals surface area contributed by atoms with E-state index in [1.165, 1.54) is 0 Å². The van der Waals surface area contributed by atoms with E-state index in [1.807, 2.05) is 24.3 Å². The number of fused-ring (bicyclic) bond motifs is 1. The summed E-state index contributed by atoms with van der Waals surface area (Å²) in [6, 6.07) is 9.20. The highest BCUT2D eigenvalue weighted by Gasteiger charge is 2.11. The second-order valence-corrected chi connectivity index (χ2v) is 4.56. The van der Waals surface area contributed by atoms with Crippen LogP contribution in [0.2, 0.25) is 0 Å². The van der Waals surface area contributed by atoms with Crippen molar-refractivity contribution < 1.29 is 9.90 Å². The maximum Gasteiger partial charge on any atom is 0.271 e. The van der Waals surface area contributed by atoms with Gasteiger partial charge in [0.15, 0.2) is 0 Å². The summed E-state index contributed by atoms with van der Waals surface area (Å²) in [6.07, 6.45) is 5.05. The van der Waals surface area contributed by atoms with Crippen LogP contribution in [-0.4, -0.2) is 25.4 Å². The zero-order chi connectivity index (χ0) is 14.7. The van der Waals surface area contributed by atoms with Gasteiger partial charge in [-0.05, 0) is 17.2 Å². The molecule has 2 aromatic heterocycles. The van der Waals surface area contributed by atoms with Crippen LogP contribution in [0.25, 0.3) is 5.78 Å². The van der Waals surface area contributed by atoms with Crippen LogP contribution < -0.4 is 5.32 Å². The Labute approximate surface area is 121 Å². The molecule has 0 aliphatic carbocycles. The Hall–Kier alpha value is -2.73. The molecule has 1 amide bonds. The number of benzene rings is 1. The predicted octanol–water partition coefficient (Wildman–Crippen LogP) is 1.15. The number of hydrogen-bond acceptors (Lipinski definition) is 4. The Morgan fingerprint density at radius 2 is 2.05 bits per heavy atom. The van der Waals surface area contributed by atoms with E-state index in [0.717, 1.165) is 11.1 Å². The van der Waals surface area contributed by atoms with Crippen molar-refractivity contribution in [3.63, 3.8) is 0 Å². The molecule has 6 heteroatoms. The Bertz CT molecular complexity index is 749. The molecule has 2 heterocycles.